The zero-order chi connectivity index (χ0) is 15.5. The highest BCUT2D eigenvalue weighted by Crippen LogP contribution is 2.24. The molecule has 6 nitrogen and oxygen atoms in total. The first kappa shape index (κ1) is 14.5. The number of fused-ring (bicyclic) bond motifs is 1. The van der Waals surface area contributed by atoms with E-state index in [1.807, 2.05) is 11.4 Å². The molecule has 114 valence electrons. The average Bonchev–Trinajstić information content (AvgIpc) is 3.00. The van der Waals surface area contributed by atoms with Gasteiger partial charge >= 0.3 is 0 Å². The second-order valence-corrected chi connectivity index (χ2v) is 5.98. The number of nitrogens with zero attached hydrogens (tertiary/aromatic N) is 2. The minimum Gasteiger partial charge on any atom is -0.484 e. The maximum absolute atomic E-state index is 12.2. The number of nitro benzene ring substituents is 1. The second-order valence-electron chi connectivity index (χ2n) is 4.98. The van der Waals surface area contributed by atoms with E-state index in [4.69, 9.17) is 4.74 Å². The van der Waals surface area contributed by atoms with Crippen LogP contribution in [0.1, 0.15) is 10.4 Å². The monoisotopic (exact) mass is 318 g/mol. The van der Waals surface area contributed by atoms with E-state index < -0.39 is 4.92 Å². The Morgan fingerprint density at radius 1 is 1.41 bits per heavy atom. The van der Waals surface area contributed by atoms with Gasteiger partial charge in [-0.05, 0) is 29.5 Å². The van der Waals surface area contributed by atoms with Crippen LogP contribution in [-0.4, -0.2) is 28.9 Å². The summed E-state index contributed by atoms with van der Waals surface area (Å²) in [4.78, 5) is 25.5. The van der Waals surface area contributed by atoms with Gasteiger partial charge in [0, 0.05) is 24.0 Å². The van der Waals surface area contributed by atoms with Crippen LogP contribution in [-0.2, 0) is 17.8 Å². The molecule has 0 spiro atoms. The zero-order valence-electron chi connectivity index (χ0n) is 11.7. The van der Waals surface area contributed by atoms with Crippen LogP contribution < -0.4 is 4.74 Å². The molecule has 1 aromatic carbocycles. The van der Waals surface area contributed by atoms with Crippen molar-refractivity contribution < 1.29 is 14.5 Å². The minimum absolute atomic E-state index is 0.0502. The molecule has 0 atom stereocenters. The van der Waals surface area contributed by atoms with Crippen LogP contribution in [0.3, 0.4) is 0 Å². The van der Waals surface area contributed by atoms with Crippen LogP contribution in [0, 0.1) is 10.1 Å². The van der Waals surface area contributed by atoms with Gasteiger partial charge in [0.1, 0.15) is 5.75 Å². The highest BCUT2D eigenvalue weighted by molar-refractivity contribution is 7.10. The van der Waals surface area contributed by atoms with Crippen molar-refractivity contribution in [3.05, 3.63) is 56.3 Å². The summed E-state index contributed by atoms with van der Waals surface area (Å²) in [7, 11) is 0. The molecular formula is C15H14N2O4S. The average molecular weight is 318 g/mol. The SMILES string of the molecule is O=C(COc1cccc([N+](=O)[O-])c1)N1CCc2sccc2C1. The fraction of sp³-hybridized carbons (Fsp3) is 0.267. The molecule has 0 radical (unpaired) electrons. The summed E-state index contributed by atoms with van der Waals surface area (Å²) < 4.78 is 5.39. The van der Waals surface area contributed by atoms with E-state index in [0.717, 1.165) is 6.42 Å². The van der Waals surface area contributed by atoms with Gasteiger partial charge in [-0.1, -0.05) is 6.07 Å². The van der Waals surface area contributed by atoms with E-state index in [1.165, 1.54) is 28.6 Å². The number of thiophene rings is 1. The number of nitro groups is 1. The lowest BCUT2D eigenvalue weighted by Crippen LogP contribution is -2.38. The molecular weight excluding hydrogens is 304 g/mol. The van der Waals surface area contributed by atoms with Crippen molar-refractivity contribution in [1.29, 1.82) is 0 Å². The third-order valence-corrected chi connectivity index (χ3v) is 4.57. The lowest BCUT2D eigenvalue weighted by Gasteiger charge is -2.26. The molecule has 0 aliphatic carbocycles. The molecule has 0 unspecified atom stereocenters. The normalized spacial score (nSPS) is 13.5. The Hall–Kier alpha value is -2.41. The van der Waals surface area contributed by atoms with E-state index >= 15 is 0 Å². The summed E-state index contributed by atoms with van der Waals surface area (Å²) >= 11 is 1.72. The summed E-state index contributed by atoms with van der Waals surface area (Å²) in [6, 6.07) is 7.89. The van der Waals surface area contributed by atoms with E-state index in [0.29, 0.717) is 18.8 Å². The van der Waals surface area contributed by atoms with Crippen molar-refractivity contribution in [3.63, 3.8) is 0 Å². The molecule has 0 saturated heterocycles. The number of rotatable bonds is 4. The first-order valence-electron chi connectivity index (χ1n) is 6.84. The molecule has 0 N–H and O–H groups in total. The van der Waals surface area contributed by atoms with E-state index in [1.54, 1.807) is 22.3 Å². The molecule has 1 aromatic heterocycles. The van der Waals surface area contributed by atoms with Crippen LogP contribution >= 0.6 is 11.3 Å². The van der Waals surface area contributed by atoms with E-state index in [-0.39, 0.29) is 18.2 Å². The summed E-state index contributed by atoms with van der Waals surface area (Å²) in [5, 5.41) is 12.7. The first-order valence-corrected chi connectivity index (χ1v) is 7.72. The Balaban J connectivity index is 1.59. The fourth-order valence-electron chi connectivity index (χ4n) is 2.38. The van der Waals surface area contributed by atoms with Crippen molar-refractivity contribution in [2.45, 2.75) is 13.0 Å². The number of ether oxygens (including phenoxy) is 1. The van der Waals surface area contributed by atoms with Crippen LogP contribution in [0.15, 0.2) is 35.7 Å². The van der Waals surface area contributed by atoms with Gasteiger partial charge in [0.15, 0.2) is 6.61 Å². The lowest BCUT2D eigenvalue weighted by atomic mass is 10.1. The van der Waals surface area contributed by atoms with Gasteiger partial charge in [0.2, 0.25) is 0 Å². The molecule has 7 heteroatoms. The maximum atomic E-state index is 12.2. The van der Waals surface area contributed by atoms with Crippen LogP contribution in [0.4, 0.5) is 5.69 Å². The van der Waals surface area contributed by atoms with Gasteiger partial charge in [0.05, 0.1) is 11.0 Å². The van der Waals surface area contributed by atoms with Gasteiger partial charge in [-0.15, -0.1) is 11.3 Å². The molecule has 2 heterocycles. The molecule has 3 rings (SSSR count). The first-order chi connectivity index (χ1) is 10.6. The largest absolute Gasteiger partial charge is 0.484 e. The van der Waals surface area contributed by atoms with Gasteiger partial charge in [-0.25, -0.2) is 0 Å². The van der Waals surface area contributed by atoms with Crippen molar-refractivity contribution in [2.75, 3.05) is 13.2 Å². The zero-order valence-corrected chi connectivity index (χ0v) is 12.5. The van der Waals surface area contributed by atoms with E-state index in [2.05, 4.69) is 0 Å². The minimum atomic E-state index is -0.489. The predicted molar refractivity (Wildman–Crippen MR) is 82.0 cm³/mol. The Morgan fingerprint density at radius 3 is 3.09 bits per heavy atom. The Morgan fingerprint density at radius 2 is 2.27 bits per heavy atom. The number of benzene rings is 1. The van der Waals surface area contributed by atoms with Crippen molar-refractivity contribution >= 4 is 22.9 Å². The number of carbonyl (C=O) groups is 1. The third-order valence-electron chi connectivity index (χ3n) is 3.55. The van der Waals surface area contributed by atoms with Crippen LogP contribution in [0.25, 0.3) is 0 Å². The number of non-ortho nitro benzene ring substituents is 1. The summed E-state index contributed by atoms with van der Waals surface area (Å²) in [5.74, 6) is 0.221. The Bertz CT molecular complexity index is 713. The van der Waals surface area contributed by atoms with Gasteiger partial charge in [-0.2, -0.15) is 0 Å². The molecule has 1 aliphatic rings. The summed E-state index contributed by atoms with van der Waals surface area (Å²) in [6.45, 7) is 1.18. The predicted octanol–water partition coefficient (Wildman–Crippen LogP) is 2.62. The van der Waals surface area contributed by atoms with Crippen LogP contribution in [0.5, 0.6) is 5.75 Å². The number of hydrogen-bond acceptors (Lipinski definition) is 5. The standard InChI is InChI=1S/C15H14N2O4S/c18-15(16-6-4-14-11(9-16)5-7-22-14)10-21-13-3-1-2-12(8-13)17(19)20/h1-3,5,7-8H,4,6,9-10H2. The number of amides is 1. The van der Waals surface area contributed by atoms with Crippen molar-refractivity contribution in [3.8, 4) is 5.75 Å². The quantitative estimate of drug-likeness (QED) is 0.641. The summed E-state index contributed by atoms with van der Waals surface area (Å²) in [5.41, 5.74) is 1.14. The van der Waals surface area contributed by atoms with Crippen molar-refractivity contribution in [2.24, 2.45) is 0 Å². The molecule has 0 bridgehead atoms. The topological polar surface area (TPSA) is 72.7 Å². The van der Waals surface area contributed by atoms with Crippen molar-refractivity contribution in [1.82, 2.24) is 4.90 Å². The van der Waals surface area contributed by atoms with Gasteiger partial charge in [-0.3, -0.25) is 14.9 Å². The maximum Gasteiger partial charge on any atom is 0.273 e. The molecule has 0 saturated carbocycles. The lowest BCUT2D eigenvalue weighted by molar-refractivity contribution is -0.384. The molecule has 1 amide bonds. The fourth-order valence-corrected chi connectivity index (χ4v) is 3.27. The van der Waals surface area contributed by atoms with E-state index in [9.17, 15) is 14.9 Å². The molecule has 2 aromatic rings. The Labute approximate surface area is 131 Å². The molecule has 0 fully saturated rings. The number of carbonyl (C=O) groups excluding carboxylic acids is 1. The van der Waals surface area contributed by atoms with Crippen LogP contribution in [0.2, 0.25) is 0 Å². The van der Waals surface area contributed by atoms with Gasteiger partial charge in [0.25, 0.3) is 11.6 Å². The highest BCUT2D eigenvalue weighted by Gasteiger charge is 2.21. The molecule has 22 heavy (non-hydrogen) atoms. The smallest absolute Gasteiger partial charge is 0.273 e. The highest BCUT2D eigenvalue weighted by atomic mass is 32.1. The second kappa shape index (κ2) is 6.15. The molecule has 1 aliphatic heterocycles. The Kier molecular flexibility index (Phi) is 4.06. The van der Waals surface area contributed by atoms with Gasteiger partial charge < -0.3 is 9.64 Å². The third kappa shape index (κ3) is 3.09. The number of hydrogen-bond donors (Lipinski definition) is 0. The summed E-state index contributed by atoms with van der Waals surface area (Å²) in [6.07, 6.45) is 0.871.